The van der Waals surface area contributed by atoms with Gasteiger partial charge in [-0.3, -0.25) is 34.3 Å². The number of hydrogen-bond acceptors (Lipinski definition) is 8. The van der Waals surface area contributed by atoms with Crippen molar-refractivity contribution in [2.24, 2.45) is 23.7 Å². The number of carbonyl (C=O) groups excluding carboxylic acids is 4. The maximum Gasteiger partial charge on any atom is 0.305 e. The number of benzene rings is 3. The fourth-order valence-electron chi connectivity index (χ4n) is 8.50. The molecule has 6 atom stereocenters. The van der Waals surface area contributed by atoms with Gasteiger partial charge >= 0.3 is 5.97 Å². The molecule has 2 saturated heterocycles. The molecule has 4 amide bonds. The Kier molecular flexibility index (Phi) is 7.57. The van der Waals surface area contributed by atoms with Crippen LogP contribution in [0.15, 0.2) is 84.4 Å². The van der Waals surface area contributed by atoms with E-state index in [4.69, 9.17) is 4.74 Å². The van der Waals surface area contributed by atoms with Gasteiger partial charge in [0.15, 0.2) is 11.5 Å². The van der Waals surface area contributed by atoms with Gasteiger partial charge in [-0.05, 0) is 61.1 Å². The normalized spacial score (nSPS) is 27.7. The number of anilines is 1. The Labute approximate surface area is 276 Å². The summed E-state index contributed by atoms with van der Waals surface area (Å²) in [6.45, 7) is 1.70. The topological polar surface area (TPSA) is 154 Å². The van der Waals surface area contributed by atoms with Crippen molar-refractivity contribution < 1.29 is 38.9 Å². The van der Waals surface area contributed by atoms with Gasteiger partial charge in [0.25, 0.3) is 11.8 Å². The minimum Gasteiger partial charge on any atom is -0.504 e. The number of amides is 4. The number of carboxylic acids is 1. The van der Waals surface area contributed by atoms with E-state index in [1.54, 1.807) is 24.3 Å². The van der Waals surface area contributed by atoms with E-state index in [0.29, 0.717) is 16.8 Å². The van der Waals surface area contributed by atoms with Crippen LogP contribution < -0.4 is 10.2 Å². The van der Waals surface area contributed by atoms with E-state index in [9.17, 15) is 29.4 Å². The molecule has 11 heteroatoms. The number of rotatable bonds is 8. The number of hydrazine groups is 1. The average molecular weight is 650 g/mol. The molecule has 48 heavy (non-hydrogen) atoms. The van der Waals surface area contributed by atoms with Gasteiger partial charge in [0.05, 0.1) is 42.4 Å². The van der Waals surface area contributed by atoms with Gasteiger partial charge in [0.2, 0.25) is 11.8 Å². The van der Waals surface area contributed by atoms with E-state index in [2.05, 4.69) is 5.43 Å². The number of aliphatic carboxylic acids is 1. The fourth-order valence-corrected chi connectivity index (χ4v) is 8.50. The lowest BCUT2D eigenvalue weighted by molar-refractivity contribution is -0.143. The molecule has 2 aliphatic carbocycles. The third kappa shape index (κ3) is 4.59. The Bertz CT molecular complexity index is 1870. The molecule has 3 aromatic rings. The Morgan fingerprint density at radius 1 is 0.958 bits per heavy atom. The first-order chi connectivity index (χ1) is 23.1. The van der Waals surface area contributed by atoms with Crippen molar-refractivity contribution in [3.63, 3.8) is 0 Å². The molecule has 2 aliphatic heterocycles. The molecular formula is C37H35N3O8. The highest BCUT2D eigenvalue weighted by Crippen LogP contribution is 2.64. The van der Waals surface area contributed by atoms with Crippen LogP contribution in [0.2, 0.25) is 0 Å². The second-order valence-corrected chi connectivity index (χ2v) is 13.0. The Morgan fingerprint density at radius 3 is 2.35 bits per heavy atom. The van der Waals surface area contributed by atoms with Crippen molar-refractivity contribution in [2.45, 2.75) is 37.5 Å². The van der Waals surface area contributed by atoms with Crippen molar-refractivity contribution in [3.05, 3.63) is 101 Å². The minimum absolute atomic E-state index is 0.114. The Hall–Kier alpha value is -5.45. The molecule has 3 N–H and O–H groups in total. The Morgan fingerprint density at radius 2 is 1.69 bits per heavy atom. The summed E-state index contributed by atoms with van der Waals surface area (Å²) in [7, 11) is 1.43. The zero-order valence-electron chi connectivity index (χ0n) is 26.5. The van der Waals surface area contributed by atoms with Gasteiger partial charge in [-0.15, -0.1) is 0 Å². The molecule has 0 radical (unpaired) electrons. The number of nitrogens with one attached hydrogen (secondary N) is 1. The number of imide groups is 2. The molecule has 0 unspecified atom stereocenters. The minimum atomic E-state index is -1.47. The average Bonchev–Trinajstić information content (AvgIpc) is 3.45. The van der Waals surface area contributed by atoms with Crippen molar-refractivity contribution in [1.82, 2.24) is 9.91 Å². The quantitative estimate of drug-likeness (QED) is 0.241. The van der Waals surface area contributed by atoms with Crippen LogP contribution in [-0.4, -0.2) is 63.4 Å². The van der Waals surface area contributed by atoms with Crippen molar-refractivity contribution in [3.8, 4) is 11.5 Å². The molecule has 7 rings (SSSR count). The second-order valence-electron chi connectivity index (χ2n) is 13.0. The number of carbonyl (C=O) groups is 5. The number of ether oxygens (including phenoxy) is 1. The van der Waals surface area contributed by atoms with Crippen LogP contribution >= 0.6 is 0 Å². The van der Waals surface area contributed by atoms with Crippen molar-refractivity contribution in [2.75, 3.05) is 19.1 Å². The molecule has 0 aromatic heterocycles. The van der Waals surface area contributed by atoms with Gasteiger partial charge in [-0.2, -0.15) is 5.01 Å². The number of phenolic OH excluding ortho intramolecular Hbond substituents is 1. The van der Waals surface area contributed by atoms with E-state index in [1.807, 2.05) is 55.5 Å². The number of nitrogens with zero attached hydrogens (tertiary/aromatic N) is 2. The van der Waals surface area contributed by atoms with Crippen LogP contribution in [0.1, 0.15) is 41.9 Å². The van der Waals surface area contributed by atoms with Crippen molar-refractivity contribution in [1.29, 1.82) is 0 Å². The zero-order valence-corrected chi connectivity index (χ0v) is 26.5. The summed E-state index contributed by atoms with van der Waals surface area (Å²) in [6.07, 6.45) is 1.87. The molecule has 0 bridgehead atoms. The number of aryl methyl sites for hydroxylation is 1. The summed E-state index contributed by atoms with van der Waals surface area (Å²) in [5.74, 6) is -6.73. The predicted molar refractivity (Wildman–Crippen MR) is 172 cm³/mol. The third-order valence-corrected chi connectivity index (χ3v) is 10.6. The fraction of sp³-hybridized carbons (Fsp3) is 0.324. The molecular weight excluding hydrogens is 614 g/mol. The number of phenols is 1. The lowest BCUT2D eigenvalue weighted by Gasteiger charge is -2.50. The van der Waals surface area contributed by atoms with Crippen LogP contribution in [0.4, 0.5) is 5.69 Å². The van der Waals surface area contributed by atoms with Crippen molar-refractivity contribution >= 4 is 35.3 Å². The van der Waals surface area contributed by atoms with Crippen LogP contribution in [0.3, 0.4) is 0 Å². The third-order valence-electron chi connectivity index (χ3n) is 10.6. The number of aromatic hydroxyl groups is 1. The highest BCUT2D eigenvalue weighted by molar-refractivity contribution is 6.13. The van der Waals surface area contributed by atoms with E-state index in [1.165, 1.54) is 13.2 Å². The molecule has 11 nitrogen and oxygen atoms in total. The Balaban J connectivity index is 1.42. The lowest BCUT2D eigenvalue weighted by Crippen LogP contribution is -2.53. The van der Waals surface area contributed by atoms with Crippen LogP contribution in [-0.2, 0) is 29.4 Å². The number of hydrogen-bond donors (Lipinski definition) is 3. The van der Waals surface area contributed by atoms with Crippen LogP contribution in [0.5, 0.6) is 11.5 Å². The summed E-state index contributed by atoms with van der Waals surface area (Å²) in [5, 5.41) is 21.4. The van der Waals surface area contributed by atoms with Crippen LogP contribution in [0.25, 0.3) is 0 Å². The molecule has 2 heterocycles. The molecule has 246 valence electrons. The number of allylic oxidation sites excluding steroid dienone is 2. The number of methoxy groups -OCH3 is 1. The largest absolute Gasteiger partial charge is 0.504 e. The van der Waals surface area contributed by atoms with E-state index in [-0.39, 0.29) is 37.3 Å². The summed E-state index contributed by atoms with van der Waals surface area (Å²) < 4.78 is 5.32. The number of carboxylic acid groups (broad SMARTS) is 1. The first-order valence-corrected chi connectivity index (χ1v) is 16.0. The standard InChI is InChI=1S/C37H35N3O8/c1-20-8-11-23(12-9-20)38-40-34(45)27-19-26-24(13-14-25-31(26)35(46)39(33(25)44)17-16-30(42)43)32(21-10-15-29(48-2)28(41)18-21)37(27,36(40)47)22-6-4-3-5-7-22/h3-13,15,18,25-27,31-32,38,41H,14,16-17,19H2,1-2H3,(H,42,43)/t25-,26+,27-,31-,32-,37+/m0/s1. The highest BCUT2D eigenvalue weighted by Gasteiger charge is 2.70. The summed E-state index contributed by atoms with van der Waals surface area (Å²) >= 11 is 0. The maximum absolute atomic E-state index is 15.1. The van der Waals surface area contributed by atoms with Gasteiger partial charge < -0.3 is 14.9 Å². The van der Waals surface area contributed by atoms with E-state index < -0.39 is 64.6 Å². The zero-order chi connectivity index (χ0) is 33.9. The molecule has 1 saturated carbocycles. The SMILES string of the molecule is COc1ccc([C@H]2C3=CC[C@@H]4C(=O)N(CCC(=O)O)C(=O)[C@@H]4[C@@H]3C[C@H]3C(=O)N(Nc4ccc(C)cc4)C(=O)[C@@]23c2ccccc2)cc1O. The predicted octanol–water partition coefficient (Wildman–Crippen LogP) is 4.17. The summed E-state index contributed by atoms with van der Waals surface area (Å²) in [4.78, 5) is 69.6. The van der Waals surface area contributed by atoms with Gasteiger partial charge in [0, 0.05) is 12.5 Å². The van der Waals surface area contributed by atoms with E-state index >= 15 is 4.79 Å². The first kappa shape index (κ1) is 31.2. The lowest BCUT2D eigenvalue weighted by atomic mass is 9.49. The molecule has 4 aliphatic rings. The van der Waals surface area contributed by atoms with Gasteiger partial charge in [-0.1, -0.05) is 65.7 Å². The van der Waals surface area contributed by atoms with E-state index in [0.717, 1.165) is 21.0 Å². The highest BCUT2D eigenvalue weighted by atomic mass is 16.5. The van der Waals surface area contributed by atoms with Gasteiger partial charge in [-0.25, -0.2) is 0 Å². The number of fused-ring (bicyclic) bond motifs is 4. The summed E-state index contributed by atoms with van der Waals surface area (Å²) in [6, 6.07) is 21.3. The second kappa shape index (κ2) is 11.7. The molecule has 0 spiro atoms. The number of likely N-dealkylation sites (tertiary alicyclic amines) is 1. The monoisotopic (exact) mass is 649 g/mol. The smallest absolute Gasteiger partial charge is 0.305 e. The van der Waals surface area contributed by atoms with Crippen LogP contribution in [0, 0.1) is 30.6 Å². The molecule has 3 aromatic carbocycles. The summed E-state index contributed by atoms with van der Waals surface area (Å²) in [5.41, 5.74) is 5.04. The maximum atomic E-state index is 15.1. The first-order valence-electron chi connectivity index (χ1n) is 16.0. The van der Waals surface area contributed by atoms with Gasteiger partial charge in [0.1, 0.15) is 0 Å². The molecule has 3 fully saturated rings.